The summed E-state index contributed by atoms with van der Waals surface area (Å²) in [5.74, 6) is -1.26. The zero-order valence-corrected chi connectivity index (χ0v) is 12.5. The van der Waals surface area contributed by atoms with Gasteiger partial charge in [0, 0.05) is 31.8 Å². The van der Waals surface area contributed by atoms with Crippen molar-refractivity contribution in [1.82, 2.24) is 10.2 Å². The van der Waals surface area contributed by atoms with Crippen molar-refractivity contribution in [2.24, 2.45) is 5.41 Å². The summed E-state index contributed by atoms with van der Waals surface area (Å²) < 4.78 is 0. The van der Waals surface area contributed by atoms with Crippen LogP contribution in [0, 0.1) is 5.41 Å². The van der Waals surface area contributed by atoms with Gasteiger partial charge in [-0.2, -0.15) is 0 Å². The average Bonchev–Trinajstić information content (AvgIpc) is 2.60. The Bertz CT molecular complexity index is 446. The van der Waals surface area contributed by atoms with E-state index in [4.69, 9.17) is 0 Å². The molecule has 1 heterocycles. The van der Waals surface area contributed by atoms with Crippen LogP contribution < -0.4 is 5.32 Å². The number of nitrogens with one attached hydrogen (secondary N) is 1. The smallest absolute Gasteiger partial charge is 0.326 e. The van der Waals surface area contributed by atoms with Crippen molar-refractivity contribution in [2.45, 2.75) is 58.0 Å². The summed E-state index contributed by atoms with van der Waals surface area (Å²) in [4.78, 5) is 24.7. The van der Waals surface area contributed by atoms with E-state index >= 15 is 0 Å². The molecule has 0 aromatic carbocycles. The van der Waals surface area contributed by atoms with Gasteiger partial charge in [0.2, 0.25) is 5.91 Å². The van der Waals surface area contributed by atoms with Gasteiger partial charge in [-0.1, -0.05) is 19.8 Å². The zero-order valence-electron chi connectivity index (χ0n) is 12.5. The molecule has 112 valence electrons. The van der Waals surface area contributed by atoms with Crippen molar-refractivity contribution in [2.75, 3.05) is 7.05 Å². The Hall–Kier alpha value is -1.52. The molecule has 1 amide bonds. The number of nitrogens with zero attached hydrogens (tertiary/aromatic N) is 1. The van der Waals surface area contributed by atoms with Crippen LogP contribution in [-0.4, -0.2) is 41.0 Å². The predicted molar refractivity (Wildman–Crippen MR) is 76.1 cm³/mol. The Morgan fingerprint density at radius 1 is 1.55 bits per heavy atom. The number of hydrogen-bond donors (Lipinski definition) is 2. The van der Waals surface area contributed by atoms with E-state index in [9.17, 15) is 14.7 Å². The Kier molecular flexibility index (Phi) is 4.06. The lowest BCUT2D eigenvalue weighted by Crippen LogP contribution is -2.43. The molecule has 2 unspecified atom stereocenters. The Labute approximate surface area is 120 Å². The minimum absolute atomic E-state index is 0.0547. The Morgan fingerprint density at radius 2 is 2.25 bits per heavy atom. The lowest BCUT2D eigenvalue weighted by molar-refractivity contribution is -0.141. The second kappa shape index (κ2) is 5.46. The highest BCUT2D eigenvalue weighted by Crippen LogP contribution is 2.49. The fourth-order valence-corrected chi connectivity index (χ4v) is 3.78. The molecule has 5 nitrogen and oxygen atoms in total. The fraction of sp³-hybridized carbons (Fsp3) is 0.733. The first-order valence-corrected chi connectivity index (χ1v) is 7.27. The molecule has 1 aliphatic heterocycles. The number of carbonyl (C=O) groups is 2. The number of carboxylic acid groups (broad SMARTS) is 1. The molecule has 0 saturated heterocycles. The largest absolute Gasteiger partial charge is 0.480 e. The second-order valence-electron chi connectivity index (χ2n) is 6.29. The SMILES string of the molecule is CC(=O)NC(CC1=CN(C)C2CCCC[C@@]12C)C(=O)O. The summed E-state index contributed by atoms with van der Waals surface area (Å²) in [6.07, 6.45) is 7.17. The Morgan fingerprint density at radius 3 is 2.85 bits per heavy atom. The van der Waals surface area contributed by atoms with Crippen LogP contribution >= 0.6 is 0 Å². The van der Waals surface area contributed by atoms with Gasteiger partial charge < -0.3 is 15.3 Å². The van der Waals surface area contributed by atoms with E-state index in [1.54, 1.807) is 0 Å². The molecular weight excluding hydrogens is 256 g/mol. The van der Waals surface area contributed by atoms with Crippen LogP contribution in [0.1, 0.15) is 46.0 Å². The summed E-state index contributed by atoms with van der Waals surface area (Å²) in [5.41, 5.74) is 1.21. The third-order valence-corrected chi connectivity index (χ3v) is 4.84. The monoisotopic (exact) mass is 280 g/mol. The van der Waals surface area contributed by atoms with Crippen LogP contribution in [0.3, 0.4) is 0 Å². The van der Waals surface area contributed by atoms with Gasteiger partial charge in [0.25, 0.3) is 0 Å². The molecule has 3 atom stereocenters. The van der Waals surface area contributed by atoms with Gasteiger partial charge in [0.1, 0.15) is 6.04 Å². The van der Waals surface area contributed by atoms with Crippen molar-refractivity contribution in [1.29, 1.82) is 0 Å². The first kappa shape index (κ1) is 14.9. The molecule has 1 fully saturated rings. The predicted octanol–water partition coefficient (Wildman–Crippen LogP) is 1.74. The average molecular weight is 280 g/mol. The molecule has 0 bridgehead atoms. The Balaban J connectivity index is 2.16. The summed E-state index contributed by atoms with van der Waals surface area (Å²) in [6.45, 7) is 3.59. The minimum atomic E-state index is -0.966. The van der Waals surface area contributed by atoms with Crippen molar-refractivity contribution >= 4 is 11.9 Å². The molecule has 5 heteroatoms. The molecule has 0 aromatic heterocycles. The van der Waals surface area contributed by atoms with Crippen molar-refractivity contribution < 1.29 is 14.7 Å². The van der Waals surface area contributed by atoms with Crippen LogP contribution in [0.15, 0.2) is 11.8 Å². The lowest BCUT2D eigenvalue weighted by atomic mass is 9.67. The van der Waals surface area contributed by atoms with E-state index < -0.39 is 12.0 Å². The third-order valence-electron chi connectivity index (χ3n) is 4.84. The summed E-state index contributed by atoms with van der Waals surface area (Å²) >= 11 is 0. The first-order chi connectivity index (χ1) is 9.34. The van der Waals surface area contributed by atoms with E-state index in [-0.39, 0.29) is 11.3 Å². The number of amides is 1. The molecule has 1 aliphatic carbocycles. The van der Waals surface area contributed by atoms with Crippen LogP contribution in [-0.2, 0) is 9.59 Å². The van der Waals surface area contributed by atoms with Crippen molar-refractivity contribution in [3.63, 3.8) is 0 Å². The van der Waals surface area contributed by atoms with Crippen molar-refractivity contribution in [3.05, 3.63) is 11.8 Å². The number of hydrogen-bond acceptors (Lipinski definition) is 3. The molecule has 2 N–H and O–H groups in total. The second-order valence-corrected chi connectivity index (χ2v) is 6.29. The maximum Gasteiger partial charge on any atom is 0.326 e. The van der Waals surface area contributed by atoms with Gasteiger partial charge in [-0.05, 0) is 24.6 Å². The number of fused-ring (bicyclic) bond motifs is 1. The third kappa shape index (κ3) is 2.67. The highest BCUT2D eigenvalue weighted by molar-refractivity contribution is 5.82. The summed E-state index contributed by atoms with van der Waals surface area (Å²) in [5, 5.41) is 11.8. The highest BCUT2D eigenvalue weighted by atomic mass is 16.4. The molecule has 0 spiro atoms. The van der Waals surface area contributed by atoms with Gasteiger partial charge in [0.05, 0.1) is 0 Å². The van der Waals surface area contributed by atoms with Crippen LogP contribution in [0.2, 0.25) is 0 Å². The van der Waals surface area contributed by atoms with E-state index in [1.165, 1.54) is 19.8 Å². The molecule has 2 rings (SSSR count). The van der Waals surface area contributed by atoms with Gasteiger partial charge >= 0.3 is 5.97 Å². The van der Waals surface area contributed by atoms with E-state index in [0.29, 0.717) is 12.5 Å². The summed E-state index contributed by atoms with van der Waals surface area (Å²) in [7, 11) is 2.06. The molecule has 2 aliphatic rings. The minimum Gasteiger partial charge on any atom is -0.480 e. The summed E-state index contributed by atoms with van der Waals surface area (Å²) in [6, 6.07) is -0.359. The molecule has 1 saturated carbocycles. The van der Waals surface area contributed by atoms with E-state index in [0.717, 1.165) is 18.4 Å². The highest BCUT2D eigenvalue weighted by Gasteiger charge is 2.46. The number of aliphatic carboxylic acids is 1. The van der Waals surface area contributed by atoms with Crippen LogP contribution in [0.4, 0.5) is 0 Å². The zero-order chi connectivity index (χ0) is 14.9. The number of rotatable bonds is 4. The normalized spacial score (nSPS) is 30.4. The first-order valence-electron chi connectivity index (χ1n) is 7.27. The van der Waals surface area contributed by atoms with E-state index in [2.05, 4.69) is 30.4 Å². The van der Waals surface area contributed by atoms with E-state index in [1.807, 2.05) is 0 Å². The fourth-order valence-electron chi connectivity index (χ4n) is 3.78. The number of carboxylic acids is 1. The number of carbonyl (C=O) groups excluding carboxylic acids is 1. The molecule has 20 heavy (non-hydrogen) atoms. The molecule has 0 radical (unpaired) electrons. The quantitative estimate of drug-likeness (QED) is 0.823. The maximum atomic E-state index is 11.3. The topological polar surface area (TPSA) is 69.6 Å². The van der Waals surface area contributed by atoms with Crippen molar-refractivity contribution in [3.8, 4) is 0 Å². The molecular formula is C15H24N2O3. The van der Waals surface area contributed by atoms with Crippen LogP contribution in [0.25, 0.3) is 0 Å². The molecule has 0 aromatic rings. The van der Waals surface area contributed by atoms with Gasteiger partial charge in [-0.15, -0.1) is 0 Å². The maximum absolute atomic E-state index is 11.3. The standard InChI is InChI=1S/C15H24N2O3/c1-10(18)16-12(14(19)20)8-11-9-17(3)13-6-4-5-7-15(11,13)2/h9,12-13H,4-8H2,1-3H3,(H,16,18)(H,19,20)/t12?,13?,15-/m0/s1. The van der Waals surface area contributed by atoms with Crippen LogP contribution in [0.5, 0.6) is 0 Å². The lowest BCUT2D eigenvalue weighted by Gasteiger charge is -2.41. The van der Waals surface area contributed by atoms with Gasteiger partial charge in [-0.3, -0.25) is 4.79 Å². The van der Waals surface area contributed by atoms with Gasteiger partial charge in [-0.25, -0.2) is 4.79 Å². The van der Waals surface area contributed by atoms with Gasteiger partial charge in [0.15, 0.2) is 0 Å².